The van der Waals surface area contributed by atoms with Crippen LogP contribution in [-0.2, 0) is 24.6 Å². The average molecular weight is 490 g/mol. The lowest BCUT2D eigenvalue weighted by molar-refractivity contribution is -0.00800. The second kappa shape index (κ2) is 10.2. The van der Waals surface area contributed by atoms with Gasteiger partial charge in [0, 0.05) is 56.4 Å². The van der Waals surface area contributed by atoms with E-state index in [2.05, 4.69) is 32.2 Å². The third kappa shape index (κ3) is 5.40. The Labute approximate surface area is 175 Å². The van der Waals surface area contributed by atoms with Gasteiger partial charge in [0.15, 0.2) is 5.96 Å². The fourth-order valence-electron chi connectivity index (χ4n) is 2.89. The normalized spacial score (nSPS) is 17.9. The number of aryl methyl sites for hydroxylation is 2. The van der Waals surface area contributed by atoms with E-state index < -0.39 is 0 Å². The number of thiazole rings is 1. The summed E-state index contributed by atoms with van der Waals surface area (Å²) in [5.41, 5.74) is 1.11. The molecule has 2 aromatic rings. The number of aromatic nitrogens is 3. The molecule has 26 heavy (non-hydrogen) atoms. The van der Waals surface area contributed by atoms with Crippen LogP contribution < -0.4 is 5.32 Å². The van der Waals surface area contributed by atoms with Gasteiger partial charge >= 0.3 is 0 Å². The Hall–Kier alpha value is -1.20. The zero-order valence-electron chi connectivity index (χ0n) is 15.5. The monoisotopic (exact) mass is 490 g/mol. The maximum atomic E-state index is 5.91. The largest absolute Gasteiger partial charge is 0.370 e. The smallest absolute Gasteiger partial charge is 0.193 e. The Bertz CT molecular complexity index is 716. The van der Waals surface area contributed by atoms with Crippen LogP contribution in [0.25, 0.3) is 0 Å². The number of nitrogens with one attached hydrogen (secondary N) is 1. The van der Waals surface area contributed by atoms with Crippen molar-refractivity contribution >= 4 is 41.3 Å². The Balaban J connectivity index is 0.00000243. The van der Waals surface area contributed by atoms with Crippen molar-refractivity contribution in [2.75, 3.05) is 33.3 Å². The van der Waals surface area contributed by atoms with E-state index in [1.165, 1.54) is 9.88 Å². The van der Waals surface area contributed by atoms with Gasteiger partial charge in [-0.2, -0.15) is 5.10 Å². The number of nitrogens with zero attached hydrogens (tertiary/aromatic N) is 5. The minimum atomic E-state index is 0. The number of halogens is 1. The van der Waals surface area contributed by atoms with E-state index >= 15 is 0 Å². The van der Waals surface area contributed by atoms with Gasteiger partial charge in [-0.25, -0.2) is 4.98 Å². The number of aliphatic imine (C=N–C) groups is 1. The van der Waals surface area contributed by atoms with Gasteiger partial charge in [0.2, 0.25) is 0 Å². The Morgan fingerprint density at radius 3 is 2.96 bits per heavy atom. The van der Waals surface area contributed by atoms with Crippen LogP contribution in [0, 0.1) is 0 Å². The molecule has 0 spiro atoms. The van der Waals surface area contributed by atoms with E-state index in [1.807, 2.05) is 37.4 Å². The van der Waals surface area contributed by atoms with Crippen molar-refractivity contribution in [3.63, 3.8) is 0 Å². The van der Waals surface area contributed by atoms with Gasteiger partial charge in [-0.1, -0.05) is 6.92 Å². The molecule has 9 heteroatoms. The maximum absolute atomic E-state index is 5.91. The molecule has 1 aliphatic heterocycles. The molecule has 0 aliphatic carbocycles. The Kier molecular flexibility index (Phi) is 8.29. The summed E-state index contributed by atoms with van der Waals surface area (Å²) in [6, 6.07) is 0. The van der Waals surface area contributed by atoms with Crippen molar-refractivity contribution in [3.8, 4) is 0 Å². The third-order valence-electron chi connectivity index (χ3n) is 4.25. The second-order valence-corrected chi connectivity index (χ2v) is 7.25. The zero-order chi connectivity index (χ0) is 17.6. The Morgan fingerprint density at radius 1 is 1.46 bits per heavy atom. The first-order chi connectivity index (χ1) is 12.2. The molecule has 7 nitrogen and oxygen atoms in total. The van der Waals surface area contributed by atoms with Gasteiger partial charge in [0.05, 0.1) is 24.4 Å². The number of ether oxygens (including phenoxy) is 1. The summed E-state index contributed by atoms with van der Waals surface area (Å²) >= 11 is 1.79. The zero-order valence-corrected chi connectivity index (χ0v) is 18.7. The number of hydrogen-bond acceptors (Lipinski definition) is 5. The van der Waals surface area contributed by atoms with Crippen LogP contribution in [0.3, 0.4) is 0 Å². The highest BCUT2D eigenvalue weighted by molar-refractivity contribution is 14.0. The molecule has 1 N–H and O–H groups in total. The molecule has 3 rings (SSSR count). The molecule has 1 aliphatic rings. The van der Waals surface area contributed by atoms with Crippen molar-refractivity contribution in [2.24, 2.45) is 12.0 Å². The minimum absolute atomic E-state index is 0. The summed E-state index contributed by atoms with van der Waals surface area (Å²) in [7, 11) is 3.75. The summed E-state index contributed by atoms with van der Waals surface area (Å²) in [5, 5.41) is 8.87. The van der Waals surface area contributed by atoms with Gasteiger partial charge in [-0.15, -0.1) is 35.3 Å². The van der Waals surface area contributed by atoms with Crippen molar-refractivity contribution in [2.45, 2.75) is 25.9 Å². The first-order valence-electron chi connectivity index (χ1n) is 8.69. The van der Waals surface area contributed by atoms with Crippen LogP contribution in [0.4, 0.5) is 0 Å². The minimum Gasteiger partial charge on any atom is -0.370 e. The lowest BCUT2D eigenvalue weighted by Crippen LogP contribution is -2.48. The second-order valence-electron chi connectivity index (χ2n) is 6.05. The molecule has 1 saturated heterocycles. The van der Waals surface area contributed by atoms with Crippen LogP contribution >= 0.6 is 35.3 Å². The molecule has 0 radical (unpaired) electrons. The fraction of sp³-hybridized carbons (Fsp3) is 0.588. The molecule has 0 saturated carbocycles. The summed E-state index contributed by atoms with van der Waals surface area (Å²) < 4.78 is 7.71. The standard InChI is InChI=1S/C17H26N6OS.HI/c1-4-14-10-20-16(25-14)5-6-19-17(18-2)23-7-8-24-15(12-23)13-9-21-22(3)11-13;/h9-11,15H,4-8,12H2,1-3H3,(H,18,19);1H. The molecule has 0 bridgehead atoms. The molecule has 1 atom stereocenters. The van der Waals surface area contributed by atoms with Crippen LogP contribution in [0.15, 0.2) is 23.6 Å². The quantitative estimate of drug-likeness (QED) is 0.396. The molecule has 1 fully saturated rings. The van der Waals surface area contributed by atoms with Crippen LogP contribution in [0.2, 0.25) is 0 Å². The van der Waals surface area contributed by atoms with Gasteiger partial charge < -0.3 is 15.0 Å². The van der Waals surface area contributed by atoms with E-state index in [9.17, 15) is 0 Å². The number of guanidine groups is 1. The van der Waals surface area contributed by atoms with Crippen molar-refractivity contribution in [1.29, 1.82) is 0 Å². The van der Waals surface area contributed by atoms with E-state index in [1.54, 1.807) is 11.3 Å². The van der Waals surface area contributed by atoms with E-state index in [4.69, 9.17) is 4.74 Å². The topological polar surface area (TPSA) is 67.6 Å². The first kappa shape index (κ1) is 21.1. The SMILES string of the molecule is CCc1cnc(CCNC(=NC)N2CCOC(c3cnn(C)c3)C2)s1.I. The Morgan fingerprint density at radius 2 is 2.31 bits per heavy atom. The van der Waals surface area contributed by atoms with Gasteiger partial charge in [0.25, 0.3) is 0 Å². The summed E-state index contributed by atoms with van der Waals surface area (Å²) in [4.78, 5) is 12.5. The van der Waals surface area contributed by atoms with Crippen LogP contribution in [0.5, 0.6) is 0 Å². The fourth-order valence-corrected chi connectivity index (χ4v) is 3.75. The maximum Gasteiger partial charge on any atom is 0.193 e. The van der Waals surface area contributed by atoms with Crippen LogP contribution in [-0.4, -0.2) is 58.9 Å². The summed E-state index contributed by atoms with van der Waals surface area (Å²) in [6.07, 6.45) is 7.87. The predicted molar refractivity (Wildman–Crippen MR) is 115 cm³/mol. The number of hydrogen-bond donors (Lipinski definition) is 1. The van der Waals surface area contributed by atoms with Gasteiger partial charge in [0.1, 0.15) is 6.10 Å². The first-order valence-corrected chi connectivity index (χ1v) is 9.50. The lowest BCUT2D eigenvalue weighted by Gasteiger charge is -2.34. The highest BCUT2D eigenvalue weighted by Crippen LogP contribution is 2.21. The van der Waals surface area contributed by atoms with Crippen molar-refractivity contribution < 1.29 is 4.74 Å². The van der Waals surface area contributed by atoms with Crippen molar-refractivity contribution in [1.82, 2.24) is 25.0 Å². The third-order valence-corrected chi connectivity index (χ3v) is 5.45. The molecule has 1 unspecified atom stereocenters. The highest BCUT2D eigenvalue weighted by atomic mass is 127. The molecule has 2 aromatic heterocycles. The summed E-state index contributed by atoms with van der Waals surface area (Å²) in [6.45, 7) is 5.30. The van der Waals surface area contributed by atoms with Crippen molar-refractivity contribution in [3.05, 3.63) is 34.0 Å². The molecular weight excluding hydrogens is 463 g/mol. The van der Waals surface area contributed by atoms with E-state index in [0.29, 0.717) is 6.61 Å². The average Bonchev–Trinajstić information content (AvgIpc) is 3.27. The van der Waals surface area contributed by atoms with Gasteiger partial charge in [-0.05, 0) is 6.42 Å². The lowest BCUT2D eigenvalue weighted by atomic mass is 10.1. The number of rotatable bonds is 5. The predicted octanol–water partition coefficient (Wildman–Crippen LogP) is 2.25. The molecule has 3 heterocycles. The molecule has 0 aromatic carbocycles. The molecule has 0 amide bonds. The van der Waals surface area contributed by atoms with E-state index in [-0.39, 0.29) is 30.1 Å². The molecular formula is C17H27IN6OS. The van der Waals surface area contributed by atoms with Gasteiger partial charge in [-0.3, -0.25) is 9.67 Å². The summed E-state index contributed by atoms with van der Waals surface area (Å²) in [5.74, 6) is 0.921. The molecule has 144 valence electrons. The number of morpholine rings is 1. The highest BCUT2D eigenvalue weighted by Gasteiger charge is 2.25. The van der Waals surface area contributed by atoms with Crippen LogP contribution in [0.1, 0.15) is 28.5 Å². The van der Waals surface area contributed by atoms with E-state index in [0.717, 1.165) is 44.0 Å².